The number of carbonyl (C=O) groups excluding carboxylic acids is 1. The van der Waals surface area contributed by atoms with E-state index in [1.165, 1.54) is 0 Å². The Morgan fingerprint density at radius 1 is 1.50 bits per heavy atom. The van der Waals surface area contributed by atoms with Gasteiger partial charge in [0.25, 0.3) is 0 Å². The van der Waals surface area contributed by atoms with E-state index in [1.807, 2.05) is 31.2 Å². The summed E-state index contributed by atoms with van der Waals surface area (Å²) in [6.07, 6.45) is 0.819. The van der Waals surface area contributed by atoms with Gasteiger partial charge in [-0.25, -0.2) is 0 Å². The van der Waals surface area contributed by atoms with Gasteiger partial charge in [0.15, 0.2) is 0 Å². The first kappa shape index (κ1) is 11.1. The van der Waals surface area contributed by atoms with Crippen molar-refractivity contribution in [2.75, 3.05) is 13.1 Å². The number of aryl methyl sites for hydroxylation is 1. The Bertz CT molecular complexity index is 389. The van der Waals surface area contributed by atoms with Crippen LogP contribution in [0, 0.1) is 6.92 Å². The van der Waals surface area contributed by atoms with E-state index in [4.69, 9.17) is 0 Å². The average Bonchev–Trinajstić information content (AvgIpc) is 2.68. The number of β-amino-alcohol motifs (C(OH)–C–C–N with tert-alkyl or cyclic N) is 1. The van der Waals surface area contributed by atoms with Gasteiger partial charge < -0.3 is 10.0 Å². The molecular weight excluding hydrogens is 202 g/mol. The van der Waals surface area contributed by atoms with Crippen LogP contribution in [0.2, 0.25) is 0 Å². The highest BCUT2D eigenvalue weighted by molar-refractivity contribution is 5.79. The molecule has 1 N–H and O–H groups in total. The molecule has 1 amide bonds. The quantitative estimate of drug-likeness (QED) is 0.810. The Morgan fingerprint density at radius 3 is 2.88 bits per heavy atom. The van der Waals surface area contributed by atoms with Crippen molar-refractivity contribution < 1.29 is 9.90 Å². The number of amides is 1. The summed E-state index contributed by atoms with van der Waals surface area (Å²) in [6, 6.07) is 7.93. The smallest absolute Gasteiger partial charge is 0.227 e. The molecule has 0 unspecified atom stereocenters. The predicted octanol–water partition coefficient (Wildman–Crippen LogP) is 1.13. The fourth-order valence-electron chi connectivity index (χ4n) is 2.05. The van der Waals surface area contributed by atoms with Crippen LogP contribution in [0.15, 0.2) is 24.3 Å². The van der Waals surface area contributed by atoms with Crippen LogP contribution < -0.4 is 0 Å². The van der Waals surface area contributed by atoms with E-state index in [9.17, 15) is 9.90 Å². The molecule has 0 aromatic heterocycles. The molecule has 1 aliphatic heterocycles. The summed E-state index contributed by atoms with van der Waals surface area (Å²) in [7, 11) is 0. The van der Waals surface area contributed by atoms with Crippen molar-refractivity contribution in [3.63, 3.8) is 0 Å². The molecule has 0 aliphatic carbocycles. The Labute approximate surface area is 95.7 Å². The number of benzene rings is 1. The molecule has 1 aromatic rings. The summed E-state index contributed by atoms with van der Waals surface area (Å²) in [4.78, 5) is 13.7. The van der Waals surface area contributed by atoms with E-state index >= 15 is 0 Å². The number of rotatable bonds is 2. The fraction of sp³-hybridized carbons (Fsp3) is 0.462. The fourth-order valence-corrected chi connectivity index (χ4v) is 2.05. The second kappa shape index (κ2) is 4.66. The zero-order valence-electron chi connectivity index (χ0n) is 9.52. The molecule has 1 aromatic carbocycles. The molecule has 0 spiro atoms. The van der Waals surface area contributed by atoms with Crippen molar-refractivity contribution in [3.05, 3.63) is 35.4 Å². The second-order valence-electron chi connectivity index (χ2n) is 4.39. The average molecular weight is 219 g/mol. The Morgan fingerprint density at radius 2 is 2.25 bits per heavy atom. The van der Waals surface area contributed by atoms with Gasteiger partial charge in [-0.05, 0) is 24.5 Å². The highest BCUT2D eigenvalue weighted by atomic mass is 16.3. The van der Waals surface area contributed by atoms with Gasteiger partial charge in [0.1, 0.15) is 0 Å². The number of aliphatic hydroxyl groups excluding tert-OH is 1. The van der Waals surface area contributed by atoms with Crippen LogP contribution in [0.4, 0.5) is 0 Å². The van der Waals surface area contributed by atoms with Crippen LogP contribution in [-0.2, 0) is 11.2 Å². The predicted molar refractivity (Wildman–Crippen MR) is 62.1 cm³/mol. The largest absolute Gasteiger partial charge is 0.391 e. The standard InChI is InChI=1S/C13H17NO2/c1-10-4-2-3-5-11(10)8-13(16)14-7-6-12(15)9-14/h2-5,12,15H,6-9H2,1H3/t12-/m1/s1. The lowest BCUT2D eigenvalue weighted by Gasteiger charge is -2.16. The molecule has 3 heteroatoms. The maximum Gasteiger partial charge on any atom is 0.227 e. The lowest BCUT2D eigenvalue weighted by atomic mass is 10.1. The molecule has 1 fully saturated rings. The first-order chi connectivity index (χ1) is 7.66. The molecule has 86 valence electrons. The molecule has 0 radical (unpaired) electrons. The maximum atomic E-state index is 11.9. The molecule has 1 saturated heterocycles. The van der Waals surface area contributed by atoms with Crippen molar-refractivity contribution in [2.45, 2.75) is 25.9 Å². The van der Waals surface area contributed by atoms with E-state index in [0.717, 1.165) is 11.1 Å². The van der Waals surface area contributed by atoms with Gasteiger partial charge in [-0.1, -0.05) is 24.3 Å². The van der Waals surface area contributed by atoms with Crippen molar-refractivity contribution in [1.82, 2.24) is 4.90 Å². The van der Waals surface area contributed by atoms with Crippen LogP contribution in [-0.4, -0.2) is 35.1 Å². The molecule has 1 atom stereocenters. The lowest BCUT2D eigenvalue weighted by molar-refractivity contribution is -0.129. The summed E-state index contributed by atoms with van der Waals surface area (Å²) in [6.45, 7) is 3.19. The molecule has 1 aliphatic rings. The monoisotopic (exact) mass is 219 g/mol. The summed E-state index contributed by atoms with van der Waals surface area (Å²) in [5.74, 6) is 0.117. The van der Waals surface area contributed by atoms with Crippen LogP contribution in [0.3, 0.4) is 0 Å². The summed E-state index contributed by atoms with van der Waals surface area (Å²) in [5, 5.41) is 9.38. The Kier molecular flexibility index (Phi) is 3.25. The van der Waals surface area contributed by atoms with Crippen molar-refractivity contribution in [2.24, 2.45) is 0 Å². The zero-order chi connectivity index (χ0) is 11.5. The van der Waals surface area contributed by atoms with Gasteiger partial charge >= 0.3 is 0 Å². The minimum atomic E-state index is -0.333. The summed E-state index contributed by atoms with van der Waals surface area (Å²) in [5.41, 5.74) is 2.23. The minimum absolute atomic E-state index is 0.117. The van der Waals surface area contributed by atoms with Crippen LogP contribution in [0.1, 0.15) is 17.5 Å². The first-order valence-electron chi connectivity index (χ1n) is 5.67. The molecule has 0 bridgehead atoms. The van der Waals surface area contributed by atoms with Crippen molar-refractivity contribution in [3.8, 4) is 0 Å². The molecule has 3 nitrogen and oxygen atoms in total. The van der Waals surface area contributed by atoms with Gasteiger partial charge in [0.2, 0.25) is 5.91 Å². The number of nitrogens with zero attached hydrogens (tertiary/aromatic N) is 1. The van der Waals surface area contributed by atoms with Crippen molar-refractivity contribution >= 4 is 5.91 Å². The zero-order valence-corrected chi connectivity index (χ0v) is 9.52. The number of carbonyl (C=O) groups is 1. The Balaban J connectivity index is 2.00. The van der Waals surface area contributed by atoms with E-state index in [2.05, 4.69) is 0 Å². The third-order valence-electron chi connectivity index (χ3n) is 3.12. The van der Waals surface area contributed by atoms with E-state index < -0.39 is 0 Å². The molecule has 0 saturated carbocycles. The molecule has 1 heterocycles. The summed E-state index contributed by atoms with van der Waals surface area (Å²) < 4.78 is 0. The number of likely N-dealkylation sites (tertiary alicyclic amines) is 1. The van der Waals surface area contributed by atoms with Gasteiger partial charge in [0, 0.05) is 13.1 Å². The minimum Gasteiger partial charge on any atom is -0.391 e. The van der Waals surface area contributed by atoms with Crippen LogP contribution >= 0.6 is 0 Å². The molecular formula is C13H17NO2. The van der Waals surface area contributed by atoms with Crippen LogP contribution in [0.5, 0.6) is 0 Å². The number of hydrogen-bond donors (Lipinski definition) is 1. The first-order valence-corrected chi connectivity index (χ1v) is 5.67. The van der Waals surface area contributed by atoms with Crippen molar-refractivity contribution in [1.29, 1.82) is 0 Å². The SMILES string of the molecule is Cc1ccccc1CC(=O)N1CC[C@@H](O)C1. The number of aliphatic hydroxyl groups is 1. The number of hydrogen-bond acceptors (Lipinski definition) is 2. The topological polar surface area (TPSA) is 40.5 Å². The van der Waals surface area contributed by atoms with Gasteiger partial charge in [-0.3, -0.25) is 4.79 Å². The highest BCUT2D eigenvalue weighted by Crippen LogP contribution is 2.13. The lowest BCUT2D eigenvalue weighted by Crippen LogP contribution is -2.31. The summed E-state index contributed by atoms with van der Waals surface area (Å²) >= 11 is 0. The van der Waals surface area contributed by atoms with E-state index in [-0.39, 0.29) is 12.0 Å². The van der Waals surface area contributed by atoms with E-state index in [0.29, 0.717) is 25.9 Å². The third kappa shape index (κ3) is 2.42. The second-order valence-corrected chi connectivity index (χ2v) is 4.39. The molecule has 2 rings (SSSR count). The maximum absolute atomic E-state index is 11.9. The van der Waals surface area contributed by atoms with Crippen LogP contribution in [0.25, 0.3) is 0 Å². The van der Waals surface area contributed by atoms with Gasteiger partial charge in [-0.15, -0.1) is 0 Å². The van der Waals surface area contributed by atoms with E-state index in [1.54, 1.807) is 4.90 Å². The Hall–Kier alpha value is -1.35. The third-order valence-corrected chi connectivity index (χ3v) is 3.12. The highest BCUT2D eigenvalue weighted by Gasteiger charge is 2.24. The normalized spacial score (nSPS) is 20.1. The van der Waals surface area contributed by atoms with Gasteiger partial charge in [0.05, 0.1) is 12.5 Å². The van der Waals surface area contributed by atoms with Gasteiger partial charge in [-0.2, -0.15) is 0 Å². The molecule has 16 heavy (non-hydrogen) atoms.